The second-order valence-electron chi connectivity index (χ2n) is 5.24. The molecule has 2 rings (SSSR count). The van der Waals surface area contributed by atoms with E-state index in [1.165, 1.54) is 32.5 Å². The minimum absolute atomic E-state index is 0.424. The van der Waals surface area contributed by atoms with Crippen LogP contribution in [0.4, 0.5) is 0 Å². The topological polar surface area (TPSA) is 15.3 Å². The molecule has 13 heavy (non-hydrogen) atoms. The molecular formula is C11H22N2. The lowest BCUT2D eigenvalue weighted by atomic mass is 9.96. The van der Waals surface area contributed by atoms with Crippen molar-refractivity contribution >= 4 is 0 Å². The summed E-state index contributed by atoms with van der Waals surface area (Å²) in [5.41, 5.74) is 0.424. The summed E-state index contributed by atoms with van der Waals surface area (Å²) >= 11 is 0. The van der Waals surface area contributed by atoms with Gasteiger partial charge in [0, 0.05) is 37.1 Å². The zero-order valence-corrected chi connectivity index (χ0v) is 9.14. The van der Waals surface area contributed by atoms with Crippen LogP contribution in [0, 0.1) is 5.92 Å². The van der Waals surface area contributed by atoms with E-state index in [4.69, 9.17) is 0 Å². The fraction of sp³-hybridized carbons (Fsp3) is 1.00. The smallest absolute Gasteiger partial charge is 0.0247 e. The molecule has 2 heteroatoms. The van der Waals surface area contributed by atoms with E-state index >= 15 is 0 Å². The van der Waals surface area contributed by atoms with E-state index in [0.29, 0.717) is 5.54 Å². The van der Waals surface area contributed by atoms with Crippen LogP contribution in [-0.4, -0.2) is 36.1 Å². The maximum absolute atomic E-state index is 3.51. The van der Waals surface area contributed by atoms with Crippen molar-refractivity contribution in [1.82, 2.24) is 10.2 Å². The predicted octanol–water partition coefficient (Wildman–Crippen LogP) is 1.47. The van der Waals surface area contributed by atoms with Crippen LogP contribution in [0.1, 0.15) is 33.6 Å². The number of nitrogens with zero attached hydrogens (tertiary/aromatic N) is 1. The maximum atomic E-state index is 3.51. The Morgan fingerprint density at radius 1 is 1.38 bits per heavy atom. The Kier molecular flexibility index (Phi) is 2.37. The van der Waals surface area contributed by atoms with Gasteiger partial charge in [-0.05, 0) is 20.3 Å². The molecule has 0 saturated carbocycles. The number of rotatable bonds is 3. The summed E-state index contributed by atoms with van der Waals surface area (Å²) in [4.78, 5) is 2.67. The molecule has 2 aliphatic rings. The van der Waals surface area contributed by atoms with Gasteiger partial charge in [0.15, 0.2) is 0 Å². The molecule has 2 saturated heterocycles. The maximum Gasteiger partial charge on any atom is 0.0247 e. The summed E-state index contributed by atoms with van der Waals surface area (Å²) in [7, 11) is 0. The van der Waals surface area contributed by atoms with Gasteiger partial charge in [-0.3, -0.25) is 4.90 Å². The third-order valence-corrected chi connectivity index (χ3v) is 3.80. The fourth-order valence-electron chi connectivity index (χ4n) is 2.72. The molecule has 2 nitrogen and oxygen atoms in total. The summed E-state index contributed by atoms with van der Waals surface area (Å²) in [5.74, 6) is 0.955. The number of likely N-dealkylation sites (tertiary alicyclic amines) is 1. The van der Waals surface area contributed by atoms with Gasteiger partial charge in [0.1, 0.15) is 0 Å². The van der Waals surface area contributed by atoms with E-state index in [0.717, 1.165) is 12.0 Å². The predicted molar refractivity (Wildman–Crippen MR) is 55.8 cm³/mol. The summed E-state index contributed by atoms with van der Waals surface area (Å²) < 4.78 is 0. The van der Waals surface area contributed by atoms with E-state index in [1.807, 2.05) is 0 Å². The first-order chi connectivity index (χ1) is 6.13. The molecule has 2 unspecified atom stereocenters. The first kappa shape index (κ1) is 9.47. The summed E-state index contributed by atoms with van der Waals surface area (Å²) in [6.45, 7) is 10.9. The Labute approximate surface area is 81.7 Å². The molecule has 0 spiro atoms. The first-order valence-corrected chi connectivity index (χ1v) is 5.62. The van der Waals surface area contributed by atoms with Gasteiger partial charge in [0.25, 0.3) is 0 Å². The quantitative estimate of drug-likeness (QED) is 0.711. The monoisotopic (exact) mass is 182 g/mol. The third kappa shape index (κ3) is 1.62. The highest BCUT2D eigenvalue weighted by atomic mass is 15.3. The number of hydrogen-bond donors (Lipinski definition) is 1. The summed E-state index contributed by atoms with van der Waals surface area (Å²) in [6.07, 6.45) is 2.62. The summed E-state index contributed by atoms with van der Waals surface area (Å²) in [5, 5.41) is 3.51. The van der Waals surface area contributed by atoms with Gasteiger partial charge in [-0.15, -0.1) is 0 Å². The van der Waals surface area contributed by atoms with Crippen LogP contribution in [0.5, 0.6) is 0 Å². The van der Waals surface area contributed by atoms with Crippen LogP contribution in [0.25, 0.3) is 0 Å². The number of hydrogen-bond acceptors (Lipinski definition) is 2. The van der Waals surface area contributed by atoms with Crippen molar-refractivity contribution in [3.05, 3.63) is 0 Å². The van der Waals surface area contributed by atoms with Crippen LogP contribution in [-0.2, 0) is 0 Å². The van der Waals surface area contributed by atoms with Crippen molar-refractivity contribution < 1.29 is 0 Å². The molecule has 0 aromatic heterocycles. The van der Waals surface area contributed by atoms with Crippen molar-refractivity contribution in [3.63, 3.8) is 0 Å². The molecule has 1 N–H and O–H groups in total. The Balaban J connectivity index is 1.93. The first-order valence-electron chi connectivity index (χ1n) is 5.62. The molecule has 0 bridgehead atoms. The second-order valence-corrected chi connectivity index (χ2v) is 5.24. The largest absolute Gasteiger partial charge is 0.312 e. The lowest BCUT2D eigenvalue weighted by Crippen LogP contribution is -2.52. The van der Waals surface area contributed by atoms with Crippen LogP contribution in [0.2, 0.25) is 0 Å². The van der Waals surface area contributed by atoms with Gasteiger partial charge in [-0.1, -0.05) is 13.3 Å². The minimum Gasteiger partial charge on any atom is -0.312 e. The molecule has 2 fully saturated rings. The molecule has 0 radical (unpaired) electrons. The standard InChI is InChI=1S/C11H22N2/c1-4-5-11(2,3)13-7-9-6-12-10(9)8-13/h9-10,12H,4-8H2,1-3H3. The average Bonchev–Trinajstić information content (AvgIpc) is 2.28. The van der Waals surface area contributed by atoms with Crippen LogP contribution < -0.4 is 5.32 Å². The van der Waals surface area contributed by atoms with E-state index in [1.54, 1.807) is 0 Å². The number of fused-ring (bicyclic) bond motifs is 1. The van der Waals surface area contributed by atoms with E-state index in [9.17, 15) is 0 Å². The molecule has 2 aliphatic heterocycles. The number of nitrogens with one attached hydrogen (secondary N) is 1. The van der Waals surface area contributed by atoms with Crippen molar-refractivity contribution in [2.45, 2.75) is 45.2 Å². The van der Waals surface area contributed by atoms with Crippen LogP contribution in [0.15, 0.2) is 0 Å². The van der Waals surface area contributed by atoms with Crippen molar-refractivity contribution in [2.24, 2.45) is 5.92 Å². The minimum atomic E-state index is 0.424. The SMILES string of the molecule is CCCC(C)(C)N1CC2CNC2C1. The van der Waals surface area contributed by atoms with Gasteiger partial charge in [-0.2, -0.15) is 0 Å². The fourth-order valence-corrected chi connectivity index (χ4v) is 2.72. The van der Waals surface area contributed by atoms with Gasteiger partial charge in [0.2, 0.25) is 0 Å². The van der Waals surface area contributed by atoms with Gasteiger partial charge in [-0.25, -0.2) is 0 Å². The Morgan fingerprint density at radius 3 is 2.54 bits per heavy atom. The van der Waals surface area contributed by atoms with Crippen molar-refractivity contribution in [2.75, 3.05) is 19.6 Å². The Bertz CT molecular complexity index is 177. The zero-order chi connectivity index (χ0) is 9.47. The highest BCUT2D eigenvalue weighted by Crippen LogP contribution is 2.31. The molecular weight excluding hydrogens is 160 g/mol. The van der Waals surface area contributed by atoms with E-state index in [2.05, 4.69) is 31.0 Å². The van der Waals surface area contributed by atoms with Crippen molar-refractivity contribution in [3.8, 4) is 0 Å². The van der Waals surface area contributed by atoms with Gasteiger partial charge in [0.05, 0.1) is 0 Å². The lowest BCUT2D eigenvalue weighted by molar-refractivity contribution is 0.140. The van der Waals surface area contributed by atoms with Gasteiger partial charge >= 0.3 is 0 Å². The third-order valence-electron chi connectivity index (χ3n) is 3.80. The van der Waals surface area contributed by atoms with Crippen LogP contribution >= 0.6 is 0 Å². The molecule has 0 aromatic rings. The van der Waals surface area contributed by atoms with Gasteiger partial charge < -0.3 is 5.32 Å². The molecule has 2 atom stereocenters. The normalized spacial score (nSPS) is 34.4. The molecule has 0 amide bonds. The molecule has 0 aliphatic carbocycles. The highest BCUT2D eigenvalue weighted by molar-refractivity contribution is 5.01. The zero-order valence-electron chi connectivity index (χ0n) is 9.14. The van der Waals surface area contributed by atoms with E-state index in [-0.39, 0.29) is 0 Å². The van der Waals surface area contributed by atoms with E-state index < -0.39 is 0 Å². The summed E-state index contributed by atoms with van der Waals surface area (Å²) in [6, 6.07) is 0.816. The molecule has 76 valence electrons. The molecule has 2 heterocycles. The van der Waals surface area contributed by atoms with Crippen molar-refractivity contribution in [1.29, 1.82) is 0 Å². The Morgan fingerprint density at radius 2 is 2.15 bits per heavy atom. The van der Waals surface area contributed by atoms with Crippen LogP contribution in [0.3, 0.4) is 0 Å². The highest BCUT2D eigenvalue weighted by Gasteiger charge is 2.43. The lowest BCUT2D eigenvalue weighted by Gasteiger charge is -2.35. The second kappa shape index (κ2) is 3.25. The molecule has 0 aromatic carbocycles. The Hall–Kier alpha value is -0.0800. The average molecular weight is 182 g/mol.